The number of carbonyl (C=O) groups is 1. The number of nitro groups is 1. The van der Waals surface area contributed by atoms with E-state index < -0.39 is 4.92 Å². The van der Waals surface area contributed by atoms with Crippen LogP contribution in [0.4, 0.5) is 11.4 Å². The molecule has 1 aromatic heterocycles. The smallest absolute Gasteiger partial charge is 0.272 e. The SMILES string of the molecule is Cc1cccc(NC(=O)c2cc3cc([N+](=O)[O-])ccc3n2C)c1. The van der Waals surface area contributed by atoms with E-state index in [0.717, 1.165) is 11.1 Å². The molecule has 3 rings (SSSR count). The van der Waals surface area contributed by atoms with Gasteiger partial charge in [-0.05, 0) is 36.8 Å². The van der Waals surface area contributed by atoms with Gasteiger partial charge in [0, 0.05) is 35.8 Å². The molecule has 0 aliphatic carbocycles. The van der Waals surface area contributed by atoms with Crippen LogP contribution in [0.1, 0.15) is 16.1 Å². The predicted molar refractivity (Wildman–Crippen MR) is 88.7 cm³/mol. The van der Waals surface area contributed by atoms with E-state index in [9.17, 15) is 14.9 Å². The molecule has 0 fully saturated rings. The number of nitrogens with zero attached hydrogens (tertiary/aromatic N) is 2. The molecule has 1 N–H and O–H groups in total. The highest BCUT2D eigenvalue weighted by Gasteiger charge is 2.16. The van der Waals surface area contributed by atoms with Crippen molar-refractivity contribution in [3.05, 3.63) is 69.9 Å². The minimum absolute atomic E-state index is 0.00809. The lowest BCUT2D eigenvalue weighted by molar-refractivity contribution is -0.384. The van der Waals surface area contributed by atoms with Gasteiger partial charge in [-0.3, -0.25) is 14.9 Å². The Morgan fingerprint density at radius 1 is 1.17 bits per heavy atom. The number of benzene rings is 2. The summed E-state index contributed by atoms with van der Waals surface area (Å²) in [5.74, 6) is -0.253. The Labute approximate surface area is 132 Å². The van der Waals surface area contributed by atoms with E-state index in [1.807, 2.05) is 31.2 Å². The van der Waals surface area contributed by atoms with Crippen molar-refractivity contribution in [1.82, 2.24) is 4.57 Å². The fourth-order valence-electron chi connectivity index (χ4n) is 2.59. The zero-order valence-electron chi connectivity index (χ0n) is 12.7. The van der Waals surface area contributed by atoms with E-state index in [0.29, 0.717) is 16.8 Å². The number of rotatable bonds is 3. The second kappa shape index (κ2) is 5.57. The van der Waals surface area contributed by atoms with Crippen LogP contribution < -0.4 is 5.32 Å². The highest BCUT2D eigenvalue weighted by Crippen LogP contribution is 2.24. The van der Waals surface area contributed by atoms with Gasteiger partial charge in [-0.2, -0.15) is 0 Å². The average Bonchev–Trinajstić information content (AvgIpc) is 2.84. The molecule has 23 heavy (non-hydrogen) atoms. The summed E-state index contributed by atoms with van der Waals surface area (Å²) in [6.45, 7) is 1.95. The van der Waals surface area contributed by atoms with E-state index in [2.05, 4.69) is 5.32 Å². The molecular weight excluding hydrogens is 294 g/mol. The highest BCUT2D eigenvalue weighted by molar-refractivity contribution is 6.06. The van der Waals surface area contributed by atoms with Gasteiger partial charge in [0.25, 0.3) is 11.6 Å². The molecule has 1 amide bonds. The summed E-state index contributed by atoms with van der Waals surface area (Å²) in [4.78, 5) is 22.9. The Hall–Kier alpha value is -3.15. The van der Waals surface area contributed by atoms with Crippen LogP contribution in [0.3, 0.4) is 0 Å². The van der Waals surface area contributed by atoms with Gasteiger partial charge in [0.05, 0.1) is 4.92 Å². The molecule has 0 saturated carbocycles. The van der Waals surface area contributed by atoms with Crippen LogP contribution in [-0.4, -0.2) is 15.4 Å². The second-order valence-electron chi connectivity index (χ2n) is 5.41. The van der Waals surface area contributed by atoms with Crippen molar-refractivity contribution in [3.63, 3.8) is 0 Å². The van der Waals surface area contributed by atoms with Crippen molar-refractivity contribution >= 4 is 28.2 Å². The fraction of sp³-hybridized carbons (Fsp3) is 0.118. The maximum atomic E-state index is 12.5. The lowest BCUT2D eigenvalue weighted by atomic mass is 10.2. The number of carbonyl (C=O) groups excluding carboxylic acids is 1. The first-order chi connectivity index (χ1) is 11.0. The number of fused-ring (bicyclic) bond motifs is 1. The van der Waals surface area contributed by atoms with Gasteiger partial charge < -0.3 is 9.88 Å². The van der Waals surface area contributed by atoms with E-state index in [1.165, 1.54) is 12.1 Å². The molecule has 0 saturated heterocycles. The van der Waals surface area contributed by atoms with Crippen LogP contribution in [-0.2, 0) is 7.05 Å². The van der Waals surface area contributed by atoms with Crippen LogP contribution in [0, 0.1) is 17.0 Å². The van der Waals surface area contributed by atoms with Crippen molar-refractivity contribution in [2.24, 2.45) is 7.05 Å². The number of non-ortho nitro benzene ring substituents is 1. The molecule has 0 atom stereocenters. The lowest BCUT2D eigenvalue weighted by Gasteiger charge is -2.07. The summed E-state index contributed by atoms with van der Waals surface area (Å²) in [5.41, 5.74) is 2.99. The Morgan fingerprint density at radius 3 is 2.65 bits per heavy atom. The summed E-state index contributed by atoms with van der Waals surface area (Å²) in [5, 5.41) is 14.4. The molecule has 0 aliphatic heterocycles. The van der Waals surface area contributed by atoms with Crippen LogP contribution in [0.5, 0.6) is 0 Å². The molecular formula is C17H15N3O3. The van der Waals surface area contributed by atoms with Crippen LogP contribution in [0.25, 0.3) is 10.9 Å². The third-order valence-electron chi connectivity index (χ3n) is 3.75. The molecule has 0 aliphatic rings. The van der Waals surface area contributed by atoms with Crippen molar-refractivity contribution in [3.8, 4) is 0 Å². The maximum Gasteiger partial charge on any atom is 0.272 e. The molecule has 116 valence electrons. The summed E-state index contributed by atoms with van der Waals surface area (Å²) < 4.78 is 1.73. The normalized spacial score (nSPS) is 10.7. The molecule has 2 aromatic carbocycles. The molecule has 6 nitrogen and oxygen atoms in total. The third-order valence-corrected chi connectivity index (χ3v) is 3.75. The number of nitro benzene ring substituents is 1. The van der Waals surface area contributed by atoms with Gasteiger partial charge >= 0.3 is 0 Å². The van der Waals surface area contributed by atoms with Crippen LogP contribution >= 0.6 is 0 Å². The number of nitrogens with one attached hydrogen (secondary N) is 1. The highest BCUT2D eigenvalue weighted by atomic mass is 16.6. The minimum atomic E-state index is -0.446. The van der Waals surface area contributed by atoms with Gasteiger partial charge in [0.15, 0.2) is 0 Å². The van der Waals surface area contributed by atoms with Crippen molar-refractivity contribution in [2.75, 3.05) is 5.32 Å². The van der Waals surface area contributed by atoms with Crippen molar-refractivity contribution in [1.29, 1.82) is 0 Å². The lowest BCUT2D eigenvalue weighted by Crippen LogP contribution is -2.15. The van der Waals surface area contributed by atoms with E-state index >= 15 is 0 Å². The van der Waals surface area contributed by atoms with Crippen molar-refractivity contribution in [2.45, 2.75) is 6.92 Å². The zero-order chi connectivity index (χ0) is 16.6. The number of amides is 1. The molecule has 6 heteroatoms. The van der Waals surface area contributed by atoms with Gasteiger partial charge in [0.2, 0.25) is 0 Å². The molecule has 0 spiro atoms. The Morgan fingerprint density at radius 2 is 1.96 bits per heavy atom. The molecule has 3 aromatic rings. The first-order valence-corrected chi connectivity index (χ1v) is 7.07. The average molecular weight is 309 g/mol. The largest absolute Gasteiger partial charge is 0.340 e. The zero-order valence-corrected chi connectivity index (χ0v) is 12.7. The summed E-state index contributed by atoms with van der Waals surface area (Å²) in [6.07, 6.45) is 0. The van der Waals surface area contributed by atoms with Crippen LogP contribution in [0.2, 0.25) is 0 Å². The first-order valence-electron chi connectivity index (χ1n) is 7.07. The maximum absolute atomic E-state index is 12.5. The van der Waals surface area contributed by atoms with Crippen LogP contribution in [0.15, 0.2) is 48.5 Å². The third kappa shape index (κ3) is 2.78. The van der Waals surface area contributed by atoms with Crippen molar-refractivity contribution < 1.29 is 9.72 Å². The summed E-state index contributed by atoms with van der Waals surface area (Å²) >= 11 is 0. The predicted octanol–water partition coefficient (Wildman–Crippen LogP) is 3.65. The van der Waals surface area contributed by atoms with E-state index in [1.54, 1.807) is 23.7 Å². The Balaban J connectivity index is 1.97. The topological polar surface area (TPSA) is 77.2 Å². The van der Waals surface area contributed by atoms with Gasteiger partial charge in [0.1, 0.15) is 5.69 Å². The van der Waals surface area contributed by atoms with Gasteiger partial charge in [-0.25, -0.2) is 0 Å². The quantitative estimate of drug-likeness (QED) is 0.592. The number of aryl methyl sites for hydroxylation is 2. The molecule has 0 unspecified atom stereocenters. The number of hydrogen-bond donors (Lipinski definition) is 1. The summed E-state index contributed by atoms with van der Waals surface area (Å²) in [7, 11) is 1.76. The molecule has 0 bridgehead atoms. The number of aromatic nitrogens is 1. The number of anilines is 1. The van der Waals surface area contributed by atoms with Gasteiger partial charge in [-0.1, -0.05) is 12.1 Å². The summed E-state index contributed by atoms with van der Waals surface area (Å²) in [6, 6.07) is 13.7. The monoisotopic (exact) mass is 309 g/mol. The molecule has 1 heterocycles. The number of hydrogen-bond acceptors (Lipinski definition) is 3. The second-order valence-corrected chi connectivity index (χ2v) is 5.41. The minimum Gasteiger partial charge on any atom is -0.340 e. The fourth-order valence-corrected chi connectivity index (χ4v) is 2.59. The van der Waals surface area contributed by atoms with E-state index in [4.69, 9.17) is 0 Å². The van der Waals surface area contributed by atoms with E-state index in [-0.39, 0.29) is 11.6 Å². The first kappa shape index (κ1) is 14.8. The Kier molecular flexibility index (Phi) is 3.57. The Bertz CT molecular complexity index is 928. The molecule has 0 radical (unpaired) electrons. The van der Waals surface area contributed by atoms with Gasteiger partial charge in [-0.15, -0.1) is 0 Å². The standard InChI is InChI=1S/C17H15N3O3/c1-11-4-3-5-13(8-11)18-17(21)16-10-12-9-14(20(22)23)6-7-15(12)19(16)2/h3-10H,1-2H3,(H,18,21).